The van der Waals surface area contributed by atoms with Gasteiger partial charge in [0.15, 0.2) is 5.84 Å². The highest BCUT2D eigenvalue weighted by Gasteiger charge is 2.36. The smallest absolute Gasteiger partial charge is 0.283 e. The van der Waals surface area contributed by atoms with Gasteiger partial charge in [-0.15, -0.1) is 0 Å². The molecule has 1 aromatic heterocycles. The number of halogens is 1. The molecule has 1 N–H and O–H groups in total. The number of benzene rings is 2. The van der Waals surface area contributed by atoms with Gasteiger partial charge in [-0.05, 0) is 86.5 Å². The number of carbonyl (C=O) groups is 1. The Kier molecular flexibility index (Phi) is 5.54. The molecule has 0 saturated carbocycles. The molecule has 0 bridgehead atoms. The van der Waals surface area contributed by atoms with Crippen molar-refractivity contribution in [2.45, 2.75) is 27.7 Å². The van der Waals surface area contributed by atoms with Crippen LogP contribution in [0.15, 0.2) is 64.2 Å². The van der Waals surface area contributed by atoms with Crippen LogP contribution in [0.1, 0.15) is 33.6 Å². The molecule has 6 nitrogen and oxygen atoms in total. The Hall–Kier alpha value is -3.42. The zero-order chi connectivity index (χ0) is 24.1. The van der Waals surface area contributed by atoms with Gasteiger partial charge in [0.05, 0.1) is 10.6 Å². The number of aryl methyl sites for hydroxylation is 3. The Morgan fingerprint density at radius 2 is 1.79 bits per heavy atom. The largest absolute Gasteiger partial charge is 0.318 e. The zero-order valence-electron chi connectivity index (χ0n) is 19.2. The number of nitrogens with one attached hydrogen (secondary N) is 1. The Bertz CT molecular complexity index is 1480. The van der Waals surface area contributed by atoms with Gasteiger partial charge in [0.2, 0.25) is 5.17 Å². The Morgan fingerprint density at radius 1 is 1.03 bits per heavy atom. The van der Waals surface area contributed by atoms with Crippen molar-refractivity contribution in [3.63, 3.8) is 0 Å². The Morgan fingerprint density at radius 3 is 2.53 bits per heavy atom. The molecule has 2 aliphatic heterocycles. The first-order valence-corrected chi connectivity index (χ1v) is 12.0. The number of hydrazone groups is 1. The minimum atomic E-state index is -0.449. The van der Waals surface area contributed by atoms with E-state index in [-0.39, 0.29) is 11.4 Å². The molecule has 8 heteroatoms. The molecular weight excluding hydrogens is 466 g/mol. The Balaban J connectivity index is 1.52. The van der Waals surface area contributed by atoms with Crippen molar-refractivity contribution in [2.24, 2.45) is 10.1 Å². The molecule has 3 aromatic rings. The normalized spacial score (nSPS) is 16.7. The molecule has 2 aliphatic rings. The summed E-state index contributed by atoms with van der Waals surface area (Å²) < 4.78 is 2.16. The number of fused-ring (bicyclic) bond motifs is 1. The molecule has 0 radical (unpaired) electrons. The van der Waals surface area contributed by atoms with Crippen LogP contribution in [-0.2, 0) is 4.79 Å². The fourth-order valence-electron chi connectivity index (χ4n) is 4.09. The molecule has 2 aromatic carbocycles. The van der Waals surface area contributed by atoms with E-state index < -0.39 is 5.91 Å². The first kappa shape index (κ1) is 22.4. The molecule has 5 rings (SSSR count). The second kappa shape index (κ2) is 8.42. The molecule has 3 heterocycles. The first-order chi connectivity index (χ1) is 16.2. The van der Waals surface area contributed by atoms with Crippen LogP contribution in [0.25, 0.3) is 11.8 Å². The van der Waals surface area contributed by atoms with Crippen molar-refractivity contribution in [3.05, 3.63) is 92.8 Å². The SMILES string of the molecule is Cc1ccc(-n2c(C)cc(C=C3C(=N)N4N=C(c5ccccc5Cl)SC4=NC3=O)c2C)cc1C. The standard InChI is InChI=1S/C26H22ClN5OS/c1-14-9-10-19(11-15(14)2)31-16(3)12-18(17(31)4)13-21-23(28)32-26(29-24(21)33)34-25(30-32)20-7-5-6-8-22(20)27/h5-13,28H,1-4H3. The van der Waals surface area contributed by atoms with Crippen LogP contribution in [0.4, 0.5) is 0 Å². The number of aliphatic imine (C=N–C) groups is 1. The highest BCUT2D eigenvalue weighted by molar-refractivity contribution is 8.27. The van der Waals surface area contributed by atoms with E-state index in [2.05, 4.69) is 46.7 Å². The lowest BCUT2D eigenvalue weighted by Gasteiger charge is -2.20. The lowest BCUT2D eigenvalue weighted by atomic mass is 10.1. The van der Waals surface area contributed by atoms with Gasteiger partial charge < -0.3 is 4.57 Å². The molecule has 0 unspecified atom stereocenters. The number of aromatic nitrogens is 1. The van der Waals surface area contributed by atoms with Crippen LogP contribution in [0.2, 0.25) is 5.02 Å². The van der Waals surface area contributed by atoms with E-state index in [4.69, 9.17) is 17.0 Å². The maximum Gasteiger partial charge on any atom is 0.283 e. The number of hydrogen-bond donors (Lipinski definition) is 1. The third-order valence-electron chi connectivity index (χ3n) is 6.08. The van der Waals surface area contributed by atoms with E-state index in [9.17, 15) is 4.79 Å². The number of amides is 1. The molecule has 0 atom stereocenters. The van der Waals surface area contributed by atoms with Crippen LogP contribution >= 0.6 is 23.4 Å². The van der Waals surface area contributed by atoms with Crippen LogP contribution < -0.4 is 0 Å². The van der Waals surface area contributed by atoms with Crippen LogP contribution in [-0.4, -0.2) is 31.5 Å². The molecule has 0 aliphatic carbocycles. The highest BCUT2D eigenvalue weighted by Crippen LogP contribution is 2.33. The second-order valence-corrected chi connectivity index (χ2v) is 9.70. The summed E-state index contributed by atoms with van der Waals surface area (Å²) in [4.78, 5) is 17.1. The first-order valence-electron chi connectivity index (χ1n) is 10.8. The minimum absolute atomic E-state index is 0.000497. The van der Waals surface area contributed by atoms with Crippen molar-refractivity contribution in [3.8, 4) is 5.69 Å². The average molecular weight is 488 g/mol. The molecular formula is C26H22ClN5OS. The van der Waals surface area contributed by atoms with Crippen molar-refractivity contribution in [1.29, 1.82) is 5.41 Å². The van der Waals surface area contributed by atoms with Crippen LogP contribution in [0.3, 0.4) is 0 Å². The molecule has 1 amide bonds. The van der Waals surface area contributed by atoms with Crippen molar-refractivity contribution in [1.82, 2.24) is 9.58 Å². The number of carbonyl (C=O) groups excluding carboxylic acids is 1. The summed E-state index contributed by atoms with van der Waals surface area (Å²) in [6, 6.07) is 15.7. The third kappa shape index (κ3) is 3.71. The van der Waals surface area contributed by atoms with Gasteiger partial charge in [-0.3, -0.25) is 10.2 Å². The van der Waals surface area contributed by atoms with Gasteiger partial charge in [0.1, 0.15) is 5.04 Å². The van der Waals surface area contributed by atoms with Crippen molar-refractivity contribution < 1.29 is 4.79 Å². The molecule has 0 fully saturated rings. The number of amidine groups is 2. The van der Waals surface area contributed by atoms with Gasteiger partial charge in [-0.25, -0.2) is 0 Å². The van der Waals surface area contributed by atoms with Crippen LogP contribution in [0.5, 0.6) is 0 Å². The number of nitrogens with zero attached hydrogens (tertiary/aromatic N) is 4. The number of hydrogen-bond acceptors (Lipinski definition) is 4. The van der Waals surface area contributed by atoms with E-state index in [1.165, 1.54) is 27.9 Å². The third-order valence-corrected chi connectivity index (χ3v) is 7.35. The Labute approximate surface area is 207 Å². The monoisotopic (exact) mass is 487 g/mol. The summed E-state index contributed by atoms with van der Waals surface area (Å²) in [5, 5.41) is 16.2. The van der Waals surface area contributed by atoms with Gasteiger partial charge in [-0.2, -0.15) is 15.1 Å². The highest BCUT2D eigenvalue weighted by atomic mass is 35.5. The number of rotatable bonds is 3. The van der Waals surface area contributed by atoms with Gasteiger partial charge in [0.25, 0.3) is 5.91 Å². The summed E-state index contributed by atoms with van der Waals surface area (Å²) in [5.41, 5.74) is 7.37. The van der Waals surface area contributed by atoms with Crippen molar-refractivity contribution in [2.75, 3.05) is 0 Å². The van der Waals surface area contributed by atoms with E-state index in [0.717, 1.165) is 28.2 Å². The maximum absolute atomic E-state index is 12.9. The van der Waals surface area contributed by atoms with Crippen molar-refractivity contribution >= 4 is 51.4 Å². The van der Waals surface area contributed by atoms with Crippen LogP contribution in [0, 0.1) is 33.1 Å². The van der Waals surface area contributed by atoms with E-state index >= 15 is 0 Å². The van der Waals surface area contributed by atoms with E-state index in [0.29, 0.717) is 15.2 Å². The topological polar surface area (TPSA) is 73.8 Å². The summed E-state index contributed by atoms with van der Waals surface area (Å²) in [5.74, 6) is -0.448. The predicted octanol–water partition coefficient (Wildman–Crippen LogP) is 6.03. The molecule has 170 valence electrons. The molecule has 0 spiro atoms. The maximum atomic E-state index is 12.9. The summed E-state index contributed by atoms with van der Waals surface area (Å²) in [7, 11) is 0. The second-order valence-electron chi connectivity index (χ2n) is 8.34. The number of thioether (sulfide) groups is 1. The zero-order valence-corrected chi connectivity index (χ0v) is 20.8. The summed E-state index contributed by atoms with van der Waals surface area (Å²) in [6.45, 7) is 8.24. The lowest BCUT2D eigenvalue weighted by Crippen LogP contribution is -2.35. The fraction of sp³-hybridized carbons (Fsp3) is 0.154. The average Bonchev–Trinajstić information content (AvgIpc) is 3.34. The van der Waals surface area contributed by atoms with Gasteiger partial charge in [0, 0.05) is 22.6 Å². The van der Waals surface area contributed by atoms with E-state index in [1.807, 2.05) is 38.1 Å². The summed E-state index contributed by atoms with van der Waals surface area (Å²) in [6.07, 6.45) is 1.73. The fourth-order valence-corrected chi connectivity index (χ4v) is 5.30. The molecule has 0 saturated heterocycles. The van der Waals surface area contributed by atoms with Gasteiger partial charge in [-0.1, -0.05) is 35.9 Å². The minimum Gasteiger partial charge on any atom is -0.318 e. The van der Waals surface area contributed by atoms with E-state index in [1.54, 1.807) is 12.1 Å². The van der Waals surface area contributed by atoms with Gasteiger partial charge >= 0.3 is 0 Å². The predicted molar refractivity (Wildman–Crippen MR) is 140 cm³/mol. The molecule has 34 heavy (non-hydrogen) atoms. The summed E-state index contributed by atoms with van der Waals surface area (Å²) >= 11 is 7.55. The quantitative estimate of drug-likeness (QED) is 0.458. The lowest BCUT2D eigenvalue weighted by molar-refractivity contribution is -0.114.